The molecule has 0 aliphatic heterocycles. The first-order valence-electron chi connectivity index (χ1n) is 11.6. The van der Waals surface area contributed by atoms with Gasteiger partial charge in [-0.05, 0) is 36.8 Å². The summed E-state index contributed by atoms with van der Waals surface area (Å²) in [5.74, 6) is 0.782. The standard InChI is InChI=1S/C28H33NO2/c1-2-3-4-5-6-7-8-14-21-31-24-18-19-25(28(30)23-15-10-9-11-16-23)26(22-24)27-17-12-13-20-29-27/h9-13,15-20,22H,2-8,14,21H2,1H3. The van der Waals surface area contributed by atoms with Gasteiger partial charge >= 0.3 is 0 Å². The van der Waals surface area contributed by atoms with E-state index < -0.39 is 0 Å². The Labute approximate surface area is 186 Å². The molecule has 3 aromatic rings. The van der Waals surface area contributed by atoms with Crippen molar-refractivity contribution in [2.24, 2.45) is 0 Å². The summed E-state index contributed by atoms with van der Waals surface area (Å²) in [6.07, 6.45) is 11.9. The first-order chi connectivity index (χ1) is 15.3. The zero-order valence-electron chi connectivity index (χ0n) is 18.6. The van der Waals surface area contributed by atoms with Crippen molar-refractivity contribution in [1.82, 2.24) is 4.98 Å². The van der Waals surface area contributed by atoms with Gasteiger partial charge in [-0.15, -0.1) is 0 Å². The zero-order valence-corrected chi connectivity index (χ0v) is 18.6. The molecule has 0 aliphatic carbocycles. The average Bonchev–Trinajstić information content (AvgIpc) is 2.83. The van der Waals surface area contributed by atoms with Crippen LogP contribution in [0.1, 0.15) is 74.2 Å². The van der Waals surface area contributed by atoms with E-state index in [4.69, 9.17) is 4.74 Å². The molecule has 0 spiro atoms. The topological polar surface area (TPSA) is 39.2 Å². The summed E-state index contributed by atoms with van der Waals surface area (Å²) in [4.78, 5) is 17.6. The predicted molar refractivity (Wildman–Crippen MR) is 128 cm³/mol. The van der Waals surface area contributed by atoms with E-state index >= 15 is 0 Å². The van der Waals surface area contributed by atoms with Gasteiger partial charge in [0.2, 0.25) is 0 Å². The molecule has 0 unspecified atom stereocenters. The van der Waals surface area contributed by atoms with Gasteiger partial charge in [-0.2, -0.15) is 0 Å². The molecule has 0 atom stereocenters. The van der Waals surface area contributed by atoms with E-state index in [0.717, 1.165) is 23.4 Å². The molecule has 0 aliphatic rings. The van der Waals surface area contributed by atoms with Gasteiger partial charge in [-0.3, -0.25) is 9.78 Å². The summed E-state index contributed by atoms with van der Waals surface area (Å²) in [6, 6.07) is 20.8. The van der Waals surface area contributed by atoms with Crippen molar-refractivity contribution in [3.05, 3.63) is 84.1 Å². The fraction of sp³-hybridized carbons (Fsp3) is 0.357. The Bertz CT molecular complexity index is 922. The molecule has 1 aromatic heterocycles. The number of hydrogen-bond donors (Lipinski definition) is 0. The van der Waals surface area contributed by atoms with Crippen LogP contribution in [-0.2, 0) is 0 Å². The minimum absolute atomic E-state index is 0.00382. The van der Waals surface area contributed by atoms with Crippen LogP contribution in [0.25, 0.3) is 11.3 Å². The van der Waals surface area contributed by atoms with Gasteiger partial charge in [0.25, 0.3) is 0 Å². The van der Waals surface area contributed by atoms with E-state index in [1.807, 2.05) is 66.7 Å². The summed E-state index contributed by atoms with van der Waals surface area (Å²) in [7, 11) is 0. The molecule has 3 nitrogen and oxygen atoms in total. The van der Waals surface area contributed by atoms with Crippen LogP contribution in [0.4, 0.5) is 0 Å². The van der Waals surface area contributed by atoms with Gasteiger partial charge in [0, 0.05) is 22.9 Å². The number of pyridine rings is 1. The number of ketones is 1. The van der Waals surface area contributed by atoms with Gasteiger partial charge in [-0.1, -0.05) is 88.3 Å². The number of ether oxygens (including phenoxy) is 1. The van der Waals surface area contributed by atoms with Crippen LogP contribution >= 0.6 is 0 Å². The quantitative estimate of drug-likeness (QED) is 0.214. The first-order valence-corrected chi connectivity index (χ1v) is 11.6. The Morgan fingerprint density at radius 3 is 2.23 bits per heavy atom. The molecule has 0 N–H and O–H groups in total. The van der Waals surface area contributed by atoms with Gasteiger partial charge < -0.3 is 4.74 Å². The van der Waals surface area contributed by atoms with Crippen LogP contribution in [0.5, 0.6) is 5.75 Å². The number of aromatic nitrogens is 1. The highest BCUT2D eigenvalue weighted by atomic mass is 16.5. The van der Waals surface area contributed by atoms with Crippen molar-refractivity contribution in [3.8, 4) is 17.0 Å². The smallest absolute Gasteiger partial charge is 0.193 e. The monoisotopic (exact) mass is 415 g/mol. The molecule has 0 saturated heterocycles. The summed E-state index contributed by atoms with van der Waals surface area (Å²) in [5.41, 5.74) is 2.90. The fourth-order valence-corrected chi connectivity index (χ4v) is 3.72. The van der Waals surface area contributed by atoms with E-state index in [-0.39, 0.29) is 5.78 Å². The minimum atomic E-state index is -0.00382. The zero-order chi connectivity index (χ0) is 21.7. The molecule has 3 heteroatoms. The lowest BCUT2D eigenvalue weighted by molar-refractivity contribution is 0.103. The fourth-order valence-electron chi connectivity index (χ4n) is 3.72. The molecule has 0 radical (unpaired) electrons. The molecule has 162 valence electrons. The van der Waals surface area contributed by atoms with Crippen molar-refractivity contribution in [2.75, 3.05) is 6.61 Å². The van der Waals surface area contributed by atoms with Crippen LogP contribution in [0.2, 0.25) is 0 Å². The minimum Gasteiger partial charge on any atom is -0.494 e. The van der Waals surface area contributed by atoms with Crippen molar-refractivity contribution < 1.29 is 9.53 Å². The average molecular weight is 416 g/mol. The third-order valence-corrected chi connectivity index (χ3v) is 5.48. The molecule has 2 aromatic carbocycles. The van der Waals surface area contributed by atoms with Crippen molar-refractivity contribution >= 4 is 5.78 Å². The molecule has 0 saturated carbocycles. The number of nitrogens with zero attached hydrogens (tertiary/aromatic N) is 1. The van der Waals surface area contributed by atoms with Gasteiger partial charge in [0.1, 0.15) is 5.75 Å². The largest absolute Gasteiger partial charge is 0.494 e. The second kappa shape index (κ2) is 12.7. The lowest BCUT2D eigenvalue weighted by Crippen LogP contribution is -2.05. The van der Waals surface area contributed by atoms with E-state index in [1.165, 1.54) is 44.9 Å². The highest BCUT2D eigenvalue weighted by Gasteiger charge is 2.16. The number of hydrogen-bond acceptors (Lipinski definition) is 3. The third kappa shape index (κ3) is 7.06. The first kappa shape index (κ1) is 22.7. The van der Waals surface area contributed by atoms with E-state index in [2.05, 4.69) is 11.9 Å². The second-order valence-corrected chi connectivity index (χ2v) is 7.94. The van der Waals surface area contributed by atoms with Gasteiger partial charge in [0.05, 0.1) is 12.3 Å². The van der Waals surface area contributed by atoms with Crippen molar-refractivity contribution in [2.45, 2.75) is 58.3 Å². The molecule has 31 heavy (non-hydrogen) atoms. The Morgan fingerprint density at radius 1 is 0.806 bits per heavy atom. The Morgan fingerprint density at radius 2 is 1.52 bits per heavy atom. The highest BCUT2D eigenvalue weighted by Crippen LogP contribution is 2.29. The molecule has 3 rings (SSSR count). The number of rotatable bonds is 13. The SMILES string of the molecule is CCCCCCCCCCOc1ccc(C(=O)c2ccccc2)c(-c2ccccn2)c1. The predicted octanol–water partition coefficient (Wildman–Crippen LogP) is 7.50. The van der Waals surface area contributed by atoms with E-state index in [9.17, 15) is 4.79 Å². The molecule has 0 amide bonds. The van der Waals surface area contributed by atoms with E-state index in [0.29, 0.717) is 17.7 Å². The van der Waals surface area contributed by atoms with Crippen LogP contribution in [0.3, 0.4) is 0 Å². The van der Waals surface area contributed by atoms with Crippen molar-refractivity contribution in [3.63, 3.8) is 0 Å². The molecule has 1 heterocycles. The van der Waals surface area contributed by atoms with Crippen molar-refractivity contribution in [1.29, 1.82) is 0 Å². The molecular formula is C28H33NO2. The van der Waals surface area contributed by atoms with Gasteiger partial charge in [0.15, 0.2) is 5.78 Å². The van der Waals surface area contributed by atoms with Crippen LogP contribution < -0.4 is 4.74 Å². The van der Waals surface area contributed by atoms with E-state index in [1.54, 1.807) is 6.20 Å². The maximum Gasteiger partial charge on any atom is 0.193 e. The Kier molecular flexibility index (Phi) is 9.31. The van der Waals surface area contributed by atoms with Crippen LogP contribution in [-0.4, -0.2) is 17.4 Å². The Hall–Kier alpha value is -2.94. The summed E-state index contributed by atoms with van der Waals surface area (Å²) >= 11 is 0. The maximum absolute atomic E-state index is 13.1. The Balaban J connectivity index is 1.63. The number of carbonyl (C=O) groups is 1. The number of unbranched alkanes of at least 4 members (excludes halogenated alkanes) is 7. The molecular weight excluding hydrogens is 382 g/mol. The number of carbonyl (C=O) groups excluding carboxylic acids is 1. The van der Waals surface area contributed by atoms with Crippen LogP contribution in [0.15, 0.2) is 72.9 Å². The van der Waals surface area contributed by atoms with Crippen LogP contribution in [0, 0.1) is 0 Å². The maximum atomic E-state index is 13.1. The lowest BCUT2D eigenvalue weighted by atomic mass is 9.96. The normalized spacial score (nSPS) is 10.7. The van der Waals surface area contributed by atoms with Gasteiger partial charge in [-0.25, -0.2) is 0 Å². The molecule has 0 bridgehead atoms. The molecule has 0 fully saturated rings. The summed E-state index contributed by atoms with van der Waals surface area (Å²) < 4.78 is 6.01. The number of benzene rings is 2. The second-order valence-electron chi connectivity index (χ2n) is 7.94. The third-order valence-electron chi connectivity index (χ3n) is 5.48. The lowest BCUT2D eigenvalue weighted by Gasteiger charge is -2.12. The summed E-state index contributed by atoms with van der Waals surface area (Å²) in [5, 5.41) is 0. The summed E-state index contributed by atoms with van der Waals surface area (Å²) in [6.45, 7) is 2.95. The highest BCUT2D eigenvalue weighted by molar-refractivity contribution is 6.12.